The molecule has 0 saturated carbocycles. The lowest BCUT2D eigenvalue weighted by Crippen LogP contribution is -2.18. The molecule has 2 rings (SSSR count). The van der Waals surface area contributed by atoms with E-state index in [0.29, 0.717) is 28.0 Å². The van der Waals surface area contributed by atoms with Gasteiger partial charge in [-0.2, -0.15) is 4.99 Å². The van der Waals surface area contributed by atoms with Gasteiger partial charge in [0.1, 0.15) is 0 Å². The van der Waals surface area contributed by atoms with E-state index in [-0.39, 0.29) is 5.91 Å². The van der Waals surface area contributed by atoms with Crippen molar-refractivity contribution in [1.82, 2.24) is 4.57 Å². The van der Waals surface area contributed by atoms with Crippen LogP contribution in [0.3, 0.4) is 0 Å². The molecule has 2 aromatic rings. The summed E-state index contributed by atoms with van der Waals surface area (Å²) < 4.78 is 7.85. The zero-order chi connectivity index (χ0) is 14.0. The van der Waals surface area contributed by atoms with Gasteiger partial charge in [0.2, 0.25) is 5.91 Å². The Hall–Kier alpha value is -0.880. The highest BCUT2D eigenvalue weighted by Crippen LogP contribution is 2.29. The molecule has 1 aromatic carbocycles. The van der Waals surface area contributed by atoms with Crippen molar-refractivity contribution in [2.24, 2.45) is 4.99 Å². The van der Waals surface area contributed by atoms with E-state index >= 15 is 0 Å². The zero-order valence-corrected chi connectivity index (χ0v) is 12.8. The highest BCUT2D eigenvalue weighted by molar-refractivity contribution is 7.16. The number of benzene rings is 1. The number of fused-ring (bicyclic) bond motifs is 1. The minimum absolute atomic E-state index is 0.250. The van der Waals surface area contributed by atoms with Crippen LogP contribution >= 0.6 is 34.5 Å². The monoisotopic (exact) mass is 318 g/mol. The molecule has 0 atom stereocenters. The van der Waals surface area contributed by atoms with Gasteiger partial charge in [0, 0.05) is 25.6 Å². The first-order chi connectivity index (χ1) is 9.02. The molecule has 0 aliphatic heterocycles. The number of nitrogens with zero attached hydrogens (tertiary/aromatic N) is 2. The summed E-state index contributed by atoms with van der Waals surface area (Å²) in [4.78, 5) is 15.8. The van der Waals surface area contributed by atoms with Crippen molar-refractivity contribution in [3.63, 3.8) is 0 Å². The lowest BCUT2D eigenvalue weighted by Gasteiger charge is -2.05. The molecule has 0 aliphatic rings. The number of hydrogen-bond donors (Lipinski definition) is 0. The molecule has 0 aliphatic carbocycles. The normalized spacial score (nSPS) is 12.3. The van der Waals surface area contributed by atoms with Gasteiger partial charge < -0.3 is 9.30 Å². The molecule has 0 spiro atoms. The number of ether oxygens (including phenoxy) is 1. The topological polar surface area (TPSA) is 43.6 Å². The van der Waals surface area contributed by atoms with Gasteiger partial charge in [-0.25, -0.2) is 0 Å². The van der Waals surface area contributed by atoms with Crippen LogP contribution in [-0.2, 0) is 16.1 Å². The van der Waals surface area contributed by atoms with Crippen molar-refractivity contribution >= 4 is 50.7 Å². The van der Waals surface area contributed by atoms with E-state index in [0.717, 1.165) is 10.2 Å². The summed E-state index contributed by atoms with van der Waals surface area (Å²) in [5.41, 5.74) is 0.827. The Morgan fingerprint density at radius 3 is 2.84 bits per heavy atom. The summed E-state index contributed by atoms with van der Waals surface area (Å²) in [5.74, 6) is -0.250. The molecule has 1 heterocycles. The van der Waals surface area contributed by atoms with Gasteiger partial charge in [-0.15, -0.1) is 0 Å². The molecule has 0 radical (unpaired) electrons. The van der Waals surface area contributed by atoms with Crippen LogP contribution in [0.2, 0.25) is 10.0 Å². The molecule has 0 saturated heterocycles. The van der Waals surface area contributed by atoms with Gasteiger partial charge in [-0.1, -0.05) is 34.5 Å². The summed E-state index contributed by atoms with van der Waals surface area (Å²) in [6, 6.07) is 3.49. The molecule has 1 aromatic heterocycles. The molecule has 0 fully saturated rings. The lowest BCUT2D eigenvalue weighted by molar-refractivity contribution is -0.116. The van der Waals surface area contributed by atoms with Gasteiger partial charge in [0.15, 0.2) is 4.80 Å². The summed E-state index contributed by atoms with van der Waals surface area (Å²) in [6.07, 6.45) is 0. The number of carbonyl (C=O) groups is 1. The molecule has 0 bridgehead atoms. The highest BCUT2D eigenvalue weighted by Gasteiger charge is 2.11. The van der Waals surface area contributed by atoms with Crippen molar-refractivity contribution in [3.05, 3.63) is 27.0 Å². The van der Waals surface area contributed by atoms with E-state index in [4.69, 9.17) is 27.9 Å². The fourth-order valence-electron chi connectivity index (χ4n) is 1.74. The Labute approximate surface area is 124 Å². The molecule has 0 N–H and O–H groups in total. The number of methoxy groups -OCH3 is 1. The fraction of sp³-hybridized carbons (Fsp3) is 0.333. The second-order valence-corrected chi connectivity index (χ2v) is 5.75. The first kappa shape index (κ1) is 14.5. The predicted molar refractivity (Wildman–Crippen MR) is 78.0 cm³/mol. The molecular weight excluding hydrogens is 307 g/mol. The van der Waals surface area contributed by atoms with Gasteiger partial charge >= 0.3 is 0 Å². The first-order valence-electron chi connectivity index (χ1n) is 5.55. The van der Waals surface area contributed by atoms with E-state index < -0.39 is 0 Å². The van der Waals surface area contributed by atoms with E-state index in [9.17, 15) is 4.79 Å². The maximum absolute atomic E-state index is 11.2. The minimum atomic E-state index is -0.250. The van der Waals surface area contributed by atoms with E-state index in [2.05, 4.69) is 4.99 Å². The number of halogens is 2. The third-order valence-corrected chi connectivity index (χ3v) is 4.00. The minimum Gasteiger partial charge on any atom is -0.383 e. The molecule has 1 amide bonds. The smallest absolute Gasteiger partial charge is 0.245 e. The Kier molecular flexibility index (Phi) is 4.62. The average Bonchev–Trinajstić information content (AvgIpc) is 2.63. The van der Waals surface area contributed by atoms with E-state index in [1.807, 2.05) is 10.6 Å². The van der Waals surface area contributed by atoms with Crippen LogP contribution in [0.15, 0.2) is 17.1 Å². The summed E-state index contributed by atoms with van der Waals surface area (Å²) in [5, 5.41) is 1.10. The second-order valence-electron chi connectivity index (χ2n) is 3.89. The van der Waals surface area contributed by atoms with Crippen LogP contribution in [0.4, 0.5) is 0 Å². The molecule has 4 nitrogen and oxygen atoms in total. The van der Waals surface area contributed by atoms with Crippen molar-refractivity contribution in [3.8, 4) is 0 Å². The number of rotatable bonds is 3. The summed E-state index contributed by atoms with van der Waals surface area (Å²) in [6.45, 7) is 2.50. The molecular formula is C12H12Cl2N2O2S. The van der Waals surface area contributed by atoms with Crippen molar-refractivity contribution in [1.29, 1.82) is 0 Å². The van der Waals surface area contributed by atoms with Crippen LogP contribution in [0, 0.1) is 0 Å². The van der Waals surface area contributed by atoms with E-state index in [1.54, 1.807) is 13.2 Å². The molecule has 102 valence electrons. The Morgan fingerprint density at radius 2 is 2.21 bits per heavy atom. The second kappa shape index (κ2) is 6.05. The maximum Gasteiger partial charge on any atom is 0.245 e. The van der Waals surface area contributed by atoms with Crippen molar-refractivity contribution < 1.29 is 9.53 Å². The number of hydrogen-bond acceptors (Lipinski definition) is 3. The standard InChI is InChI=1S/C12H12Cl2N2O2S/c1-7(17)15-12-16(3-4-18-2)11-9(14)5-8(13)6-10(11)19-12/h5-6H,3-4H2,1-2H3. The molecule has 19 heavy (non-hydrogen) atoms. The first-order valence-corrected chi connectivity index (χ1v) is 7.13. The SMILES string of the molecule is COCCn1c(=NC(C)=O)sc2cc(Cl)cc(Cl)c21. The highest BCUT2D eigenvalue weighted by atomic mass is 35.5. The third-order valence-electron chi connectivity index (χ3n) is 2.47. The Morgan fingerprint density at radius 1 is 1.47 bits per heavy atom. The van der Waals surface area contributed by atoms with Crippen LogP contribution in [0.5, 0.6) is 0 Å². The van der Waals surface area contributed by atoms with Crippen LogP contribution in [-0.4, -0.2) is 24.2 Å². The van der Waals surface area contributed by atoms with Gasteiger partial charge in [-0.05, 0) is 12.1 Å². The zero-order valence-electron chi connectivity index (χ0n) is 10.4. The van der Waals surface area contributed by atoms with E-state index in [1.165, 1.54) is 18.3 Å². The quantitative estimate of drug-likeness (QED) is 0.872. The predicted octanol–water partition coefficient (Wildman–Crippen LogP) is 3.10. The van der Waals surface area contributed by atoms with Crippen LogP contribution in [0.25, 0.3) is 10.2 Å². The molecule has 0 unspecified atom stereocenters. The maximum atomic E-state index is 11.2. The van der Waals surface area contributed by atoms with Gasteiger partial charge in [0.05, 0.1) is 21.8 Å². The largest absolute Gasteiger partial charge is 0.383 e. The number of aromatic nitrogens is 1. The number of thiazole rings is 1. The average molecular weight is 319 g/mol. The summed E-state index contributed by atoms with van der Waals surface area (Å²) in [7, 11) is 1.62. The van der Waals surface area contributed by atoms with Gasteiger partial charge in [0.25, 0.3) is 0 Å². The van der Waals surface area contributed by atoms with Crippen LogP contribution in [0.1, 0.15) is 6.92 Å². The lowest BCUT2D eigenvalue weighted by atomic mass is 10.3. The number of carbonyl (C=O) groups excluding carboxylic acids is 1. The Balaban J connectivity index is 2.74. The summed E-state index contributed by atoms with van der Waals surface area (Å²) >= 11 is 13.6. The van der Waals surface area contributed by atoms with Gasteiger partial charge in [-0.3, -0.25) is 4.79 Å². The molecule has 7 heteroatoms. The third kappa shape index (κ3) is 3.17. The van der Waals surface area contributed by atoms with Crippen LogP contribution < -0.4 is 4.80 Å². The van der Waals surface area contributed by atoms with Crippen molar-refractivity contribution in [2.75, 3.05) is 13.7 Å². The number of amides is 1. The Bertz CT molecular complexity index is 691. The fourth-order valence-corrected chi connectivity index (χ4v) is 3.62. The van der Waals surface area contributed by atoms with Crippen molar-refractivity contribution in [2.45, 2.75) is 13.5 Å².